The summed E-state index contributed by atoms with van der Waals surface area (Å²) in [5, 5.41) is 10.2. The van der Waals surface area contributed by atoms with Gasteiger partial charge in [-0.1, -0.05) is 35.9 Å². The summed E-state index contributed by atoms with van der Waals surface area (Å²) < 4.78 is 0. The van der Waals surface area contributed by atoms with Crippen LogP contribution < -0.4 is 5.56 Å². The molecule has 104 valence electrons. The van der Waals surface area contributed by atoms with E-state index in [2.05, 4.69) is 9.97 Å². The second-order valence-corrected chi connectivity index (χ2v) is 4.93. The van der Waals surface area contributed by atoms with E-state index < -0.39 is 0 Å². The molecule has 3 rings (SSSR count). The monoisotopic (exact) mass is 298 g/mol. The molecule has 0 aliphatic heterocycles. The molecule has 3 aromatic rings. The highest BCUT2D eigenvalue weighted by Gasteiger charge is 2.06. The number of nitrogens with zero attached hydrogens (tertiary/aromatic N) is 1. The van der Waals surface area contributed by atoms with Gasteiger partial charge in [0.25, 0.3) is 5.56 Å². The van der Waals surface area contributed by atoms with Gasteiger partial charge in [-0.3, -0.25) is 4.79 Å². The van der Waals surface area contributed by atoms with Crippen LogP contribution in [0.1, 0.15) is 11.4 Å². The van der Waals surface area contributed by atoms with Crippen LogP contribution in [0.25, 0.3) is 22.0 Å². The van der Waals surface area contributed by atoms with Crippen molar-refractivity contribution in [3.05, 3.63) is 70.3 Å². The predicted octanol–water partition coefficient (Wildman–Crippen LogP) is 3.37. The molecule has 0 aliphatic rings. The largest absolute Gasteiger partial charge is 0.508 e. The zero-order valence-corrected chi connectivity index (χ0v) is 11.6. The van der Waals surface area contributed by atoms with E-state index in [0.29, 0.717) is 21.8 Å². The lowest BCUT2D eigenvalue weighted by Crippen LogP contribution is -2.10. The van der Waals surface area contributed by atoms with Gasteiger partial charge >= 0.3 is 0 Å². The smallest absolute Gasteiger partial charge is 0.259 e. The van der Waals surface area contributed by atoms with Crippen molar-refractivity contribution >= 4 is 33.6 Å². The lowest BCUT2D eigenvalue weighted by atomic mass is 10.2. The quantitative estimate of drug-likeness (QED) is 0.762. The van der Waals surface area contributed by atoms with Crippen molar-refractivity contribution in [3.8, 4) is 5.75 Å². The Balaban J connectivity index is 2.09. The Morgan fingerprint density at radius 1 is 1.19 bits per heavy atom. The molecule has 0 spiro atoms. The van der Waals surface area contributed by atoms with Gasteiger partial charge in [0.2, 0.25) is 0 Å². The average Bonchev–Trinajstić information content (AvgIpc) is 2.47. The molecular formula is C16H11ClN2O2. The van der Waals surface area contributed by atoms with Gasteiger partial charge < -0.3 is 10.1 Å². The molecular weight excluding hydrogens is 288 g/mol. The SMILES string of the molecule is O=c1[nH]c(C(Cl)=Cc2cccc(O)c2)nc2ccccc12. The normalized spacial score (nSPS) is 11.8. The number of phenols is 1. The molecule has 5 heteroatoms. The van der Waals surface area contributed by atoms with Gasteiger partial charge in [-0.2, -0.15) is 0 Å². The summed E-state index contributed by atoms with van der Waals surface area (Å²) in [4.78, 5) is 19.0. The Morgan fingerprint density at radius 3 is 2.81 bits per heavy atom. The molecule has 0 saturated heterocycles. The van der Waals surface area contributed by atoms with Crippen molar-refractivity contribution in [2.75, 3.05) is 0 Å². The van der Waals surface area contributed by atoms with Crippen molar-refractivity contribution in [3.63, 3.8) is 0 Å². The number of hydrogen-bond acceptors (Lipinski definition) is 3. The first-order valence-corrected chi connectivity index (χ1v) is 6.67. The van der Waals surface area contributed by atoms with Gasteiger partial charge in [-0.25, -0.2) is 4.98 Å². The Morgan fingerprint density at radius 2 is 2.00 bits per heavy atom. The molecule has 0 bridgehead atoms. The number of aromatic amines is 1. The summed E-state index contributed by atoms with van der Waals surface area (Å²) in [6.07, 6.45) is 1.63. The third-order valence-corrected chi connectivity index (χ3v) is 3.29. The lowest BCUT2D eigenvalue weighted by molar-refractivity contribution is 0.475. The number of para-hydroxylation sites is 1. The van der Waals surface area contributed by atoms with Crippen molar-refractivity contribution in [1.29, 1.82) is 0 Å². The number of aromatic nitrogens is 2. The van der Waals surface area contributed by atoms with Gasteiger partial charge in [0.15, 0.2) is 5.82 Å². The molecule has 0 amide bonds. The summed E-state index contributed by atoms with van der Waals surface area (Å²) in [5.74, 6) is 0.442. The van der Waals surface area contributed by atoms with E-state index in [1.807, 2.05) is 6.07 Å². The first-order chi connectivity index (χ1) is 10.1. The fourth-order valence-corrected chi connectivity index (χ4v) is 2.24. The van der Waals surface area contributed by atoms with Crippen LogP contribution in [0.3, 0.4) is 0 Å². The number of rotatable bonds is 2. The number of aromatic hydroxyl groups is 1. The van der Waals surface area contributed by atoms with Gasteiger partial charge in [0.05, 0.1) is 15.9 Å². The predicted molar refractivity (Wildman–Crippen MR) is 84.2 cm³/mol. The third-order valence-electron chi connectivity index (χ3n) is 3.00. The van der Waals surface area contributed by atoms with Crippen LogP contribution in [0.15, 0.2) is 53.3 Å². The number of fused-ring (bicyclic) bond motifs is 1. The molecule has 0 unspecified atom stereocenters. The molecule has 0 radical (unpaired) electrons. The number of phenolic OH excluding ortho intramolecular Hbond substituents is 1. The number of hydrogen-bond donors (Lipinski definition) is 2. The zero-order chi connectivity index (χ0) is 14.8. The second-order valence-electron chi connectivity index (χ2n) is 4.52. The Hall–Kier alpha value is -2.59. The molecule has 0 fully saturated rings. The summed E-state index contributed by atoms with van der Waals surface area (Å²) in [6, 6.07) is 13.7. The fourth-order valence-electron chi connectivity index (χ4n) is 2.03. The molecule has 21 heavy (non-hydrogen) atoms. The summed E-state index contributed by atoms with van der Waals surface area (Å²) in [7, 11) is 0. The number of H-pyrrole nitrogens is 1. The van der Waals surface area contributed by atoms with E-state index in [1.54, 1.807) is 48.5 Å². The Labute approximate surface area is 125 Å². The van der Waals surface area contributed by atoms with Crippen LogP contribution in [0.2, 0.25) is 0 Å². The third kappa shape index (κ3) is 2.80. The van der Waals surface area contributed by atoms with E-state index in [1.165, 1.54) is 0 Å². The maximum Gasteiger partial charge on any atom is 0.259 e. The van der Waals surface area contributed by atoms with E-state index in [9.17, 15) is 9.90 Å². The Bertz CT molecular complexity index is 900. The lowest BCUT2D eigenvalue weighted by Gasteiger charge is -2.02. The standard InChI is InChI=1S/C16H11ClN2O2/c17-13(9-10-4-3-5-11(20)8-10)15-18-14-7-2-1-6-12(14)16(21)19-15/h1-9,20H,(H,18,19,21). The zero-order valence-electron chi connectivity index (χ0n) is 10.9. The van der Waals surface area contributed by atoms with Crippen LogP contribution in [-0.4, -0.2) is 15.1 Å². The summed E-state index contributed by atoms with van der Waals surface area (Å²) in [6.45, 7) is 0. The van der Waals surface area contributed by atoms with Gasteiger partial charge in [-0.05, 0) is 35.9 Å². The first kappa shape index (κ1) is 13.4. The van der Waals surface area contributed by atoms with E-state index >= 15 is 0 Å². The van der Waals surface area contributed by atoms with Crippen LogP contribution >= 0.6 is 11.6 Å². The van der Waals surface area contributed by atoms with Gasteiger partial charge in [0.1, 0.15) is 5.75 Å². The van der Waals surface area contributed by atoms with E-state index in [4.69, 9.17) is 11.6 Å². The van der Waals surface area contributed by atoms with Crippen molar-refractivity contribution in [1.82, 2.24) is 9.97 Å². The first-order valence-electron chi connectivity index (χ1n) is 6.29. The highest BCUT2D eigenvalue weighted by atomic mass is 35.5. The average molecular weight is 299 g/mol. The summed E-state index contributed by atoms with van der Waals surface area (Å²) >= 11 is 6.21. The molecule has 1 aromatic heterocycles. The molecule has 4 nitrogen and oxygen atoms in total. The van der Waals surface area contributed by atoms with E-state index in [0.717, 1.165) is 5.56 Å². The minimum atomic E-state index is -0.238. The molecule has 0 saturated carbocycles. The van der Waals surface area contributed by atoms with Crippen molar-refractivity contribution in [2.24, 2.45) is 0 Å². The molecule has 0 atom stereocenters. The van der Waals surface area contributed by atoms with E-state index in [-0.39, 0.29) is 11.3 Å². The topological polar surface area (TPSA) is 66.0 Å². The Kier molecular flexibility index (Phi) is 3.46. The molecule has 0 aliphatic carbocycles. The number of halogens is 1. The van der Waals surface area contributed by atoms with Crippen LogP contribution in [-0.2, 0) is 0 Å². The van der Waals surface area contributed by atoms with Crippen molar-refractivity contribution in [2.45, 2.75) is 0 Å². The number of benzene rings is 2. The highest BCUT2D eigenvalue weighted by molar-refractivity contribution is 6.50. The highest BCUT2D eigenvalue weighted by Crippen LogP contribution is 2.21. The second kappa shape index (κ2) is 5.42. The molecule has 1 heterocycles. The van der Waals surface area contributed by atoms with Crippen LogP contribution in [0, 0.1) is 0 Å². The maximum atomic E-state index is 12.0. The minimum Gasteiger partial charge on any atom is -0.508 e. The van der Waals surface area contributed by atoms with Crippen LogP contribution in [0.5, 0.6) is 5.75 Å². The molecule has 2 N–H and O–H groups in total. The van der Waals surface area contributed by atoms with Gasteiger partial charge in [0, 0.05) is 0 Å². The van der Waals surface area contributed by atoms with Gasteiger partial charge in [-0.15, -0.1) is 0 Å². The summed E-state index contributed by atoms with van der Waals surface area (Å²) in [5.41, 5.74) is 1.06. The van der Waals surface area contributed by atoms with Crippen molar-refractivity contribution < 1.29 is 5.11 Å². The van der Waals surface area contributed by atoms with Crippen LogP contribution in [0.4, 0.5) is 0 Å². The number of nitrogens with one attached hydrogen (secondary N) is 1. The maximum absolute atomic E-state index is 12.0. The fraction of sp³-hybridized carbons (Fsp3) is 0. The minimum absolute atomic E-state index is 0.146. The molecule has 2 aromatic carbocycles.